The summed E-state index contributed by atoms with van der Waals surface area (Å²) in [5, 5.41) is 15.1. The third kappa shape index (κ3) is 15.4. The summed E-state index contributed by atoms with van der Waals surface area (Å²) in [4.78, 5) is 10.3. The molecule has 0 aliphatic heterocycles. The number of nitrogens with one attached hydrogen (secondary N) is 2. The molecule has 0 heterocycles. The molecule has 0 aliphatic rings. The second-order valence-electron chi connectivity index (χ2n) is 4.77. The van der Waals surface area contributed by atoms with Gasteiger partial charge in [0.2, 0.25) is 0 Å². The second kappa shape index (κ2) is 14.5. The van der Waals surface area contributed by atoms with Crippen molar-refractivity contribution in [3.8, 4) is 0 Å². The molecule has 0 spiro atoms. The molecule has 0 unspecified atom stereocenters. The SMILES string of the molecule is CCCCCCCCNCCNCCCC(=O)O. The average molecular weight is 258 g/mol. The van der Waals surface area contributed by atoms with Gasteiger partial charge in [-0.05, 0) is 25.9 Å². The van der Waals surface area contributed by atoms with Gasteiger partial charge in [-0.15, -0.1) is 0 Å². The normalized spacial score (nSPS) is 10.7. The first-order valence-electron chi connectivity index (χ1n) is 7.40. The predicted molar refractivity (Wildman–Crippen MR) is 76.0 cm³/mol. The van der Waals surface area contributed by atoms with Gasteiger partial charge in [0.15, 0.2) is 0 Å². The summed E-state index contributed by atoms with van der Waals surface area (Å²) < 4.78 is 0. The van der Waals surface area contributed by atoms with Crippen LogP contribution in [0, 0.1) is 0 Å². The van der Waals surface area contributed by atoms with Crippen LogP contribution in [0.15, 0.2) is 0 Å². The Hall–Kier alpha value is -0.610. The minimum absolute atomic E-state index is 0.262. The van der Waals surface area contributed by atoms with Crippen molar-refractivity contribution in [3.63, 3.8) is 0 Å². The van der Waals surface area contributed by atoms with Gasteiger partial charge in [-0.1, -0.05) is 39.0 Å². The fourth-order valence-corrected chi connectivity index (χ4v) is 1.82. The first kappa shape index (κ1) is 17.4. The monoisotopic (exact) mass is 258 g/mol. The molecule has 18 heavy (non-hydrogen) atoms. The van der Waals surface area contributed by atoms with Crippen molar-refractivity contribution in [1.82, 2.24) is 10.6 Å². The zero-order valence-corrected chi connectivity index (χ0v) is 11.8. The van der Waals surface area contributed by atoms with Gasteiger partial charge in [0.25, 0.3) is 0 Å². The molecule has 4 nitrogen and oxygen atoms in total. The number of rotatable bonds is 14. The second-order valence-corrected chi connectivity index (χ2v) is 4.77. The molecular weight excluding hydrogens is 228 g/mol. The van der Waals surface area contributed by atoms with Crippen molar-refractivity contribution in [2.24, 2.45) is 0 Å². The number of hydrogen-bond acceptors (Lipinski definition) is 3. The van der Waals surface area contributed by atoms with E-state index in [-0.39, 0.29) is 6.42 Å². The zero-order valence-electron chi connectivity index (χ0n) is 11.8. The summed E-state index contributed by atoms with van der Waals surface area (Å²) in [5.41, 5.74) is 0. The molecule has 0 atom stereocenters. The van der Waals surface area contributed by atoms with Crippen molar-refractivity contribution in [2.75, 3.05) is 26.2 Å². The highest BCUT2D eigenvalue weighted by molar-refractivity contribution is 5.66. The Kier molecular flexibility index (Phi) is 14.0. The predicted octanol–water partition coefficient (Wildman–Crippen LogP) is 2.39. The number of carboxylic acid groups (broad SMARTS) is 1. The van der Waals surface area contributed by atoms with E-state index in [0.29, 0.717) is 6.42 Å². The van der Waals surface area contributed by atoms with E-state index < -0.39 is 5.97 Å². The molecule has 0 aromatic carbocycles. The van der Waals surface area contributed by atoms with E-state index in [4.69, 9.17) is 5.11 Å². The van der Waals surface area contributed by atoms with Crippen LogP contribution in [0.5, 0.6) is 0 Å². The number of carbonyl (C=O) groups is 1. The van der Waals surface area contributed by atoms with Gasteiger partial charge in [-0.2, -0.15) is 0 Å². The summed E-state index contributed by atoms with van der Waals surface area (Å²) in [5.74, 6) is -0.710. The van der Waals surface area contributed by atoms with Crippen LogP contribution in [0.2, 0.25) is 0 Å². The highest BCUT2D eigenvalue weighted by atomic mass is 16.4. The molecule has 0 aromatic rings. The molecule has 3 N–H and O–H groups in total. The largest absolute Gasteiger partial charge is 0.481 e. The molecule has 0 saturated carbocycles. The smallest absolute Gasteiger partial charge is 0.303 e. The Labute approximate surface area is 112 Å². The van der Waals surface area contributed by atoms with Crippen molar-refractivity contribution in [1.29, 1.82) is 0 Å². The van der Waals surface area contributed by atoms with Crippen LogP contribution < -0.4 is 10.6 Å². The summed E-state index contributed by atoms with van der Waals surface area (Å²) in [6.07, 6.45) is 9.00. The van der Waals surface area contributed by atoms with Crippen LogP contribution >= 0.6 is 0 Å². The molecule has 0 saturated heterocycles. The molecule has 0 aromatic heterocycles. The lowest BCUT2D eigenvalue weighted by Crippen LogP contribution is -2.28. The lowest BCUT2D eigenvalue weighted by Gasteiger charge is -2.06. The third-order valence-corrected chi connectivity index (χ3v) is 2.93. The number of unbranched alkanes of at least 4 members (excludes halogenated alkanes) is 5. The van der Waals surface area contributed by atoms with E-state index in [2.05, 4.69) is 17.6 Å². The standard InChI is InChI=1S/C14H30N2O2/c1-2-3-4-5-6-7-10-15-12-13-16-11-8-9-14(17)18/h15-16H,2-13H2,1H3,(H,17,18). The maximum absolute atomic E-state index is 10.3. The van der Waals surface area contributed by atoms with E-state index in [9.17, 15) is 4.79 Å². The maximum atomic E-state index is 10.3. The summed E-state index contributed by atoms with van der Waals surface area (Å²) >= 11 is 0. The summed E-state index contributed by atoms with van der Waals surface area (Å²) in [6.45, 7) is 6.04. The Morgan fingerprint density at radius 2 is 1.39 bits per heavy atom. The molecule has 4 heteroatoms. The lowest BCUT2D eigenvalue weighted by atomic mass is 10.1. The van der Waals surface area contributed by atoms with E-state index in [0.717, 1.165) is 26.2 Å². The molecule has 0 rings (SSSR count). The molecule has 0 fully saturated rings. The first-order valence-corrected chi connectivity index (χ1v) is 7.40. The molecule has 0 amide bonds. The summed E-state index contributed by atoms with van der Waals surface area (Å²) in [7, 11) is 0. The van der Waals surface area contributed by atoms with E-state index in [1.165, 1.54) is 38.5 Å². The van der Waals surface area contributed by atoms with E-state index >= 15 is 0 Å². The van der Waals surface area contributed by atoms with Gasteiger partial charge >= 0.3 is 5.97 Å². The average Bonchev–Trinajstić information content (AvgIpc) is 2.34. The lowest BCUT2D eigenvalue weighted by molar-refractivity contribution is -0.137. The number of hydrogen-bond donors (Lipinski definition) is 3. The first-order chi connectivity index (χ1) is 8.77. The Bertz CT molecular complexity index is 187. The minimum Gasteiger partial charge on any atom is -0.481 e. The Morgan fingerprint density at radius 1 is 0.833 bits per heavy atom. The van der Waals surface area contributed by atoms with Crippen LogP contribution in [0.4, 0.5) is 0 Å². The van der Waals surface area contributed by atoms with Crippen LogP contribution in [-0.4, -0.2) is 37.3 Å². The zero-order chi connectivity index (χ0) is 13.5. The van der Waals surface area contributed by atoms with E-state index in [1.807, 2.05) is 0 Å². The van der Waals surface area contributed by atoms with Gasteiger partial charge in [0.05, 0.1) is 0 Å². The van der Waals surface area contributed by atoms with Crippen LogP contribution in [0.25, 0.3) is 0 Å². The Morgan fingerprint density at radius 3 is 2.00 bits per heavy atom. The Balaban J connectivity index is 2.92. The van der Waals surface area contributed by atoms with Crippen molar-refractivity contribution < 1.29 is 9.90 Å². The molecule has 0 bridgehead atoms. The van der Waals surface area contributed by atoms with Gasteiger partial charge in [0.1, 0.15) is 0 Å². The van der Waals surface area contributed by atoms with Crippen LogP contribution in [-0.2, 0) is 4.79 Å². The number of carboxylic acids is 1. The van der Waals surface area contributed by atoms with E-state index in [1.54, 1.807) is 0 Å². The van der Waals surface area contributed by atoms with Gasteiger partial charge < -0.3 is 15.7 Å². The van der Waals surface area contributed by atoms with Crippen molar-refractivity contribution in [3.05, 3.63) is 0 Å². The quantitative estimate of drug-likeness (QED) is 0.419. The number of aliphatic carboxylic acids is 1. The topological polar surface area (TPSA) is 61.4 Å². The van der Waals surface area contributed by atoms with Gasteiger partial charge in [-0.3, -0.25) is 4.79 Å². The fourth-order valence-electron chi connectivity index (χ4n) is 1.82. The van der Waals surface area contributed by atoms with Gasteiger partial charge in [-0.25, -0.2) is 0 Å². The molecular formula is C14H30N2O2. The van der Waals surface area contributed by atoms with Crippen molar-refractivity contribution in [2.45, 2.75) is 58.3 Å². The highest BCUT2D eigenvalue weighted by Crippen LogP contribution is 2.03. The molecule has 108 valence electrons. The maximum Gasteiger partial charge on any atom is 0.303 e. The van der Waals surface area contributed by atoms with Crippen LogP contribution in [0.1, 0.15) is 58.3 Å². The fraction of sp³-hybridized carbons (Fsp3) is 0.929. The van der Waals surface area contributed by atoms with Gasteiger partial charge in [0, 0.05) is 19.5 Å². The minimum atomic E-state index is -0.710. The third-order valence-electron chi connectivity index (χ3n) is 2.93. The highest BCUT2D eigenvalue weighted by Gasteiger charge is 1.95. The molecule has 0 aliphatic carbocycles. The molecule has 0 radical (unpaired) electrons. The van der Waals surface area contributed by atoms with Crippen LogP contribution in [0.3, 0.4) is 0 Å². The van der Waals surface area contributed by atoms with Crippen molar-refractivity contribution >= 4 is 5.97 Å². The summed E-state index contributed by atoms with van der Waals surface area (Å²) in [6, 6.07) is 0.